The molecule has 98 valence electrons. The summed E-state index contributed by atoms with van der Waals surface area (Å²) in [6.07, 6.45) is 4.72. The summed E-state index contributed by atoms with van der Waals surface area (Å²) in [5, 5.41) is 8.03. The van der Waals surface area contributed by atoms with Crippen molar-refractivity contribution in [2.45, 2.75) is 66.6 Å². The van der Waals surface area contributed by atoms with Gasteiger partial charge in [0.2, 0.25) is 0 Å². The highest BCUT2D eigenvalue weighted by atomic mass is 15.3. The monoisotopic (exact) mass is 237 g/mol. The molecule has 1 rings (SSSR count). The van der Waals surface area contributed by atoms with E-state index in [1.807, 2.05) is 0 Å². The first-order valence-electron chi connectivity index (χ1n) is 6.79. The Morgan fingerprint density at radius 2 is 2.06 bits per heavy atom. The second-order valence-electron chi connectivity index (χ2n) is 5.39. The van der Waals surface area contributed by atoms with Crippen LogP contribution in [0.4, 0.5) is 0 Å². The van der Waals surface area contributed by atoms with Crippen LogP contribution in [0, 0.1) is 12.8 Å². The second-order valence-corrected chi connectivity index (χ2v) is 5.39. The van der Waals surface area contributed by atoms with Crippen LogP contribution in [0.15, 0.2) is 6.20 Å². The topological polar surface area (TPSA) is 29.9 Å². The first-order chi connectivity index (χ1) is 8.02. The lowest BCUT2D eigenvalue weighted by Gasteiger charge is -2.09. The largest absolute Gasteiger partial charge is 0.310 e. The fourth-order valence-electron chi connectivity index (χ4n) is 2.04. The predicted molar refractivity (Wildman–Crippen MR) is 73.0 cm³/mol. The third kappa shape index (κ3) is 4.90. The van der Waals surface area contributed by atoms with Crippen LogP contribution in [0.1, 0.15) is 51.8 Å². The molecule has 0 saturated heterocycles. The zero-order chi connectivity index (χ0) is 12.8. The summed E-state index contributed by atoms with van der Waals surface area (Å²) in [5.41, 5.74) is 2.48. The molecule has 0 fully saturated rings. The van der Waals surface area contributed by atoms with E-state index in [4.69, 9.17) is 0 Å². The molecule has 1 heterocycles. The van der Waals surface area contributed by atoms with Crippen molar-refractivity contribution in [1.82, 2.24) is 15.1 Å². The average molecular weight is 237 g/mol. The number of hydrogen-bond acceptors (Lipinski definition) is 2. The van der Waals surface area contributed by atoms with Crippen LogP contribution >= 0.6 is 0 Å². The lowest BCUT2D eigenvalue weighted by atomic mass is 10.1. The molecule has 3 nitrogen and oxygen atoms in total. The maximum atomic E-state index is 4.59. The highest BCUT2D eigenvalue weighted by molar-refractivity contribution is 5.15. The van der Waals surface area contributed by atoms with Gasteiger partial charge in [0.15, 0.2) is 0 Å². The summed E-state index contributed by atoms with van der Waals surface area (Å²) in [5.74, 6) is 0.713. The minimum atomic E-state index is 0.525. The van der Waals surface area contributed by atoms with Crippen molar-refractivity contribution in [2.24, 2.45) is 5.92 Å². The van der Waals surface area contributed by atoms with Gasteiger partial charge in [-0.1, -0.05) is 34.1 Å². The maximum Gasteiger partial charge on any atom is 0.0638 e. The van der Waals surface area contributed by atoms with Crippen molar-refractivity contribution in [3.8, 4) is 0 Å². The number of nitrogens with zero attached hydrogens (tertiary/aromatic N) is 2. The first-order valence-corrected chi connectivity index (χ1v) is 6.79. The first kappa shape index (κ1) is 14.2. The van der Waals surface area contributed by atoms with E-state index in [-0.39, 0.29) is 0 Å². The molecule has 1 aromatic heterocycles. The van der Waals surface area contributed by atoms with E-state index in [0.717, 1.165) is 18.8 Å². The Labute approximate surface area is 106 Å². The Morgan fingerprint density at radius 1 is 1.35 bits per heavy atom. The number of hydrogen-bond donors (Lipinski definition) is 1. The van der Waals surface area contributed by atoms with Gasteiger partial charge in [0, 0.05) is 30.9 Å². The van der Waals surface area contributed by atoms with Gasteiger partial charge >= 0.3 is 0 Å². The smallest absolute Gasteiger partial charge is 0.0638 e. The van der Waals surface area contributed by atoms with E-state index in [1.165, 1.54) is 18.4 Å². The van der Waals surface area contributed by atoms with Crippen LogP contribution in [0.3, 0.4) is 0 Å². The maximum absolute atomic E-state index is 4.59. The fraction of sp³-hybridized carbons (Fsp3) is 0.786. The average Bonchev–Trinajstić information content (AvgIpc) is 2.56. The summed E-state index contributed by atoms with van der Waals surface area (Å²) in [6, 6.07) is 0.525. The number of aromatic nitrogens is 2. The zero-order valence-electron chi connectivity index (χ0n) is 12.0. The Morgan fingerprint density at radius 3 is 2.65 bits per heavy atom. The van der Waals surface area contributed by atoms with Crippen molar-refractivity contribution < 1.29 is 0 Å². The minimum Gasteiger partial charge on any atom is -0.310 e. The third-order valence-electron chi connectivity index (χ3n) is 3.03. The Hall–Kier alpha value is -0.830. The molecule has 1 atom stereocenters. The fourth-order valence-corrected chi connectivity index (χ4v) is 2.04. The highest BCUT2D eigenvalue weighted by Gasteiger charge is 2.08. The van der Waals surface area contributed by atoms with Gasteiger partial charge in [0.25, 0.3) is 0 Å². The molecular weight excluding hydrogens is 210 g/mol. The Balaban J connectivity index is 2.55. The SMILES string of the molecule is CCCC(C)Cn1cc(CNC(C)C)c(C)n1. The molecule has 3 heteroatoms. The third-order valence-corrected chi connectivity index (χ3v) is 3.03. The van der Waals surface area contributed by atoms with E-state index < -0.39 is 0 Å². The van der Waals surface area contributed by atoms with Gasteiger partial charge in [0.1, 0.15) is 0 Å². The molecule has 1 unspecified atom stereocenters. The summed E-state index contributed by atoms with van der Waals surface area (Å²) < 4.78 is 2.10. The molecule has 0 spiro atoms. The molecule has 1 aromatic rings. The van der Waals surface area contributed by atoms with E-state index >= 15 is 0 Å². The predicted octanol–water partition coefficient (Wildman–Crippen LogP) is 3.13. The van der Waals surface area contributed by atoms with E-state index in [1.54, 1.807) is 0 Å². The standard InChI is InChI=1S/C14H27N3/c1-6-7-12(4)9-17-10-14(13(5)16-17)8-15-11(2)3/h10-12,15H,6-9H2,1-5H3. The van der Waals surface area contributed by atoms with Crippen LogP contribution in [-0.2, 0) is 13.1 Å². The number of aryl methyl sites for hydroxylation is 1. The molecule has 17 heavy (non-hydrogen) atoms. The van der Waals surface area contributed by atoms with Crippen molar-refractivity contribution in [2.75, 3.05) is 0 Å². The Kier molecular flexibility index (Phi) is 5.69. The second kappa shape index (κ2) is 6.80. The highest BCUT2D eigenvalue weighted by Crippen LogP contribution is 2.11. The van der Waals surface area contributed by atoms with Gasteiger partial charge in [-0.15, -0.1) is 0 Å². The van der Waals surface area contributed by atoms with Crippen LogP contribution in [0.2, 0.25) is 0 Å². The lowest BCUT2D eigenvalue weighted by molar-refractivity contribution is 0.419. The number of nitrogens with one attached hydrogen (secondary N) is 1. The quantitative estimate of drug-likeness (QED) is 0.789. The van der Waals surface area contributed by atoms with Gasteiger partial charge in [-0.05, 0) is 19.3 Å². The summed E-state index contributed by atoms with van der Waals surface area (Å²) in [7, 11) is 0. The van der Waals surface area contributed by atoms with Gasteiger partial charge in [-0.25, -0.2) is 0 Å². The normalized spacial score (nSPS) is 13.3. The minimum absolute atomic E-state index is 0.525. The molecule has 1 N–H and O–H groups in total. The summed E-state index contributed by atoms with van der Waals surface area (Å²) in [4.78, 5) is 0. The van der Waals surface area contributed by atoms with Crippen LogP contribution in [0.5, 0.6) is 0 Å². The molecule has 0 radical (unpaired) electrons. The molecule has 0 amide bonds. The molecule has 0 aromatic carbocycles. The van der Waals surface area contributed by atoms with Crippen LogP contribution in [0.25, 0.3) is 0 Å². The van der Waals surface area contributed by atoms with Crippen molar-refractivity contribution in [3.63, 3.8) is 0 Å². The van der Waals surface area contributed by atoms with Crippen molar-refractivity contribution in [1.29, 1.82) is 0 Å². The lowest BCUT2D eigenvalue weighted by Crippen LogP contribution is -2.21. The molecule has 0 aliphatic carbocycles. The van der Waals surface area contributed by atoms with Crippen molar-refractivity contribution >= 4 is 0 Å². The van der Waals surface area contributed by atoms with Gasteiger partial charge in [-0.2, -0.15) is 5.10 Å². The molecule has 0 saturated carbocycles. The molecule has 0 bridgehead atoms. The summed E-state index contributed by atoms with van der Waals surface area (Å²) in [6.45, 7) is 12.9. The van der Waals surface area contributed by atoms with E-state index in [0.29, 0.717) is 12.0 Å². The summed E-state index contributed by atoms with van der Waals surface area (Å²) >= 11 is 0. The van der Waals surface area contributed by atoms with Gasteiger partial charge in [0.05, 0.1) is 5.69 Å². The molecule has 0 aliphatic heterocycles. The van der Waals surface area contributed by atoms with Crippen LogP contribution in [-0.4, -0.2) is 15.8 Å². The van der Waals surface area contributed by atoms with Crippen molar-refractivity contribution in [3.05, 3.63) is 17.5 Å². The Bertz CT molecular complexity index is 328. The number of rotatable bonds is 7. The van der Waals surface area contributed by atoms with Gasteiger partial charge < -0.3 is 5.32 Å². The van der Waals surface area contributed by atoms with E-state index in [2.05, 4.69) is 55.9 Å². The van der Waals surface area contributed by atoms with Gasteiger partial charge in [-0.3, -0.25) is 4.68 Å². The van der Waals surface area contributed by atoms with Crippen LogP contribution < -0.4 is 5.32 Å². The molecular formula is C14H27N3. The molecule has 0 aliphatic rings. The van der Waals surface area contributed by atoms with E-state index in [9.17, 15) is 0 Å². The zero-order valence-corrected chi connectivity index (χ0v) is 12.0.